The molecule has 0 atom stereocenters. The maximum absolute atomic E-state index is 5.40. The molecule has 17 heavy (non-hydrogen) atoms. The van der Waals surface area contributed by atoms with Crippen LogP contribution in [-0.4, -0.2) is 57.0 Å². The van der Waals surface area contributed by atoms with E-state index in [2.05, 4.69) is 15.8 Å². The van der Waals surface area contributed by atoms with Crippen LogP contribution in [-0.2, 0) is 9.47 Å². The van der Waals surface area contributed by atoms with Crippen molar-refractivity contribution in [3.8, 4) is 0 Å². The van der Waals surface area contributed by atoms with Gasteiger partial charge in [0.15, 0.2) is 0 Å². The van der Waals surface area contributed by atoms with E-state index in [9.17, 15) is 0 Å². The minimum absolute atomic E-state index is 0.586. The van der Waals surface area contributed by atoms with Gasteiger partial charge in [-0.1, -0.05) is 0 Å². The number of guanidine groups is 1. The summed E-state index contributed by atoms with van der Waals surface area (Å²) in [5.74, 6) is 5.98. The Balaban J connectivity index is 2.18. The molecule has 0 spiro atoms. The molecule has 0 aromatic heterocycles. The molecule has 100 valence electrons. The number of nitrogens with two attached hydrogens (primary N) is 1. The molecule has 0 saturated carbocycles. The Morgan fingerprint density at radius 1 is 1.47 bits per heavy atom. The van der Waals surface area contributed by atoms with Gasteiger partial charge in [0.05, 0.1) is 13.2 Å². The van der Waals surface area contributed by atoms with Gasteiger partial charge in [-0.25, -0.2) is 10.9 Å². The first-order chi connectivity index (χ1) is 8.36. The van der Waals surface area contributed by atoms with E-state index in [0.717, 1.165) is 45.9 Å². The largest absolute Gasteiger partial charge is 0.382 e. The van der Waals surface area contributed by atoms with Crippen LogP contribution in [0, 0.1) is 0 Å². The van der Waals surface area contributed by atoms with Gasteiger partial charge in [0, 0.05) is 32.8 Å². The number of hydrogen-bond donors (Lipinski definition) is 3. The Labute approximate surface area is 102 Å². The fraction of sp³-hybridized carbons (Fsp3) is 0.900. The Bertz CT molecular complexity index is 219. The number of nitrogens with zero attached hydrogens (tertiary/aromatic N) is 2. The lowest BCUT2D eigenvalue weighted by molar-refractivity contribution is 0.0241. The molecule has 0 amide bonds. The van der Waals surface area contributed by atoms with Gasteiger partial charge in [0.2, 0.25) is 5.96 Å². The van der Waals surface area contributed by atoms with E-state index in [1.54, 1.807) is 0 Å². The molecular weight excluding hydrogens is 222 g/mol. The molecule has 0 aromatic carbocycles. The van der Waals surface area contributed by atoms with Gasteiger partial charge >= 0.3 is 0 Å². The van der Waals surface area contributed by atoms with Gasteiger partial charge < -0.3 is 9.47 Å². The van der Waals surface area contributed by atoms with Crippen molar-refractivity contribution in [1.82, 2.24) is 15.9 Å². The van der Waals surface area contributed by atoms with E-state index in [4.69, 9.17) is 15.3 Å². The zero-order valence-electron chi connectivity index (χ0n) is 10.4. The first kappa shape index (κ1) is 14.2. The summed E-state index contributed by atoms with van der Waals surface area (Å²) in [4.78, 5) is 4.32. The molecule has 1 fully saturated rings. The zero-order valence-corrected chi connectivity index (χ0v) is 10.4. The van der Waals surface area contributed by atoms with E-state index in [0.29, 0.717) is 12.5 Å². The van der Waals surface area contributed by atoms with Crippen molar-refractivity contribution in [2.45, 2.75) is 13.3 Å². The lowest BCUT2D eigenvalue weighted by Gasteiger charge is -2.28. The number of hydrazine groups is 2. The summed E-state index contributed by atoms with van der Waals surface area (Å²) < 4.78 is 10.5. The minimum Gasteiger partial charge on any atom is -0.382 e. The SMILES string of the molecule is CCOCCCN=C(NN)NN1CCOCC1. The minimum atomic E-state index is 0.586. The van der Waals surface area contributed by atoms with Crippen LogP contribution in [0.4, 0.5) is 0 Å². The van der Waals surface area contributed by atoms with Crippen LogP contribution >= 0.6 is 0 Å². The third kappa shape index (κ3) is 6.42. The lowest BCUT2D eigenvalue weighted by atomic mass is 10.4. The Morgan fingerprint density at radius 3 is 2.88 bits per heavy atom. The van der Waals surface area contributed by atoms with Crippen molar-refractivity contribution in [2.24, 2.45) is 10.8 Å². The van der Waals surface area contributed by atoms with Crippen molar-refractivity contribution in [3.05, 3.63) is 0 Å². The highest BCUT2D eigenvalue weighted by atomic mass is 16.5. The molecule has 4 N–H and O–H groups in total. The van der Waals surface area contributed by atoms with Crippen LogP contribution in [0.2, 0.25) is 0 Å². The van der Waals surface area contributed by atoms with Crippen molar-refractivity contribution in [3.63, 3.8) is 0 Å². The second-order valence-corrected chi connectivity index (χ2v) is 3.64. The maximum atomic E-state index is 5.40. The topological polar surface area (TPSA) is 84.1 Å². The molecule has 7 nitrogen and oxygen atoms in total. The molecule has 0 radical (unpaired) electrons. The summed E-state index contributed by atoms with van der Waals surface area (Å²) in [5, 5.41) is 2.03. The van der Waals surface area contributed by atoms with E-state index >= 15 is 0 Å². The first-order valence-corrected chi connectivity index (χ1v) is 6.05. The van der Waals surface area contributed by atoms with Crippen LogP contribution in [0.3, 0.4) is 0 Å². The van der Waals surface area contributed by atoms with Crippen molar-refractivity contribution >= 4 is 5.96 Å². The standard InChI is InChI=1S/C10H23N5O2/c1-2-16-7-3-4-12-10(13-11)14-15-5-8-17-9-6-15/h2-9,11H2,1H3,(H2,12,13,14). The van der Waals surface area contributed by atoms with Gasteiger partial charge in [-0.2, -0.15) is 0 Å². The Morgan fingerprint density at radius 2 is 2.24 bits per heavy atom. The van der Waals surface area contributed by atoms with Crippen molar-refractivity contribution in [1.29, 1.82) is 0 Å². The number of rotatable bonds is 6. The van der Waals surface area contributed by atoms with Gasteiger partial charge in [0.25, 0.3) is 0 Å². The number of ether oxygens (including phenoxy) is 2. The summed E-state index contributed by atoms with van der Waals surface area (Å²) in [6.45, 7) is 7.28. The van der Waals surface area contributed by atoms with Gasteiger partial charge in [0.1, 0.15) is 0 Å². The maximum Gasteiger partial charge on any atom is 0.220 e. The molecule has 1 saturated heterocycles. The molecule has 0 unspecified atom stereocenters. The van der Waals surface area contributed by atoms with Crippen LogP contribution in [0.15, 0.2) is 4.99 Å². The normalized spacial score (nSPS) is 18.1. The molecule has 0 aliphatic carbocycles. The van der Waals surface area contributed by atoms with Gasteiger partial charge in [-0.3, -0.25) is 15.8 Å². The van der Waals surface area contributed by atoms with Crippen molar-refractivity contribution in [2.75, 3.05) is 46.1 Å². The summed E-state index contributed by atoms with van der Waals surface area (Å²) in [6, 6.07) is 0. The average molecular weight is 245 g/mol. The molecule has 1 rings (SSSR count). The predicted octanol–water partition coefficient (Wildman–Crippen LogP) is -0.931. The van der Waals surface area contributed by atoms with E-state index in [-0.39, 0.29) is 0 Å². The van der Waals surface area contributed by atoms with Crippen LogP contribution in [0.1, 0.15) is 13.3 Å². The second kappa shape index (κ2) is 9.17. The van der Waals surface area contributed by atoms with E-state index < -0.39 is 0 Å². The smallest absolute Gasteiger partial charge is 0.220 e. The molecule has 1 aliphatic heterocycles. The Hall–Kier alpha value is -0.890. The summed E-state index contributed by atoms with van der Waals surface area (Å²) >= 11 is 0. The van der Waals surface area contributed by atoms with Gasteiger partial charge in [-0.15, -0.1) is 0 Å². The number of nitrogens with one attached hydrogen (secondary N) is 2. The average Bonchev–Trinajstić information content (AvgIpc) is 2.38. The predicted molar refractivity (Wildman–Crippen MR) is 66.3 cm³/mol. The zero-order chi connectivity index (χ0) is 12.3. The Kier molecular flexibility index (Phi) is 7.65. The summed E-state index contributed by atoms with van der Waals surface area (Å²) in [6.07, 6.45) is 0.893. The lowest BCUT2D eigenvalue weighted by Crippen LogP contribution is -2.54. The van der Waals surface area contributed by atoms with Crippen LogP contribution < -0.4 is 16.7 Å². The third-order valence-corrected chi connectivity index (χ3v) is 2.33. The highest BCUT2D eigenvalue weighted by Crippen LogP contribution is 1.92. The van der Waals surface area contributed by atoms with E-state index in [1.165, 1.54) is 0 Å². The highest BCUT2D eigenvalue weighted by Gasteiger charge is 2.10. The number of morpholine rings is 1. The molecule has 1 heterocycles. The van der Waals surface area contributed by atoms with Crippen molar-refractivity contribution < 1.29 is 9.47 Å². The summed E-state index contributed by atoms with van der Waals surface area (Å²) in [5.41, 5.74) is 5.68. The molecular formula is C10H23N5O2. The van der Waals surface area contributed by atoms with Gasteiger partial charge in [-0.05, 0) is 13.3 Å². The second-order valence-electron chi connectivity index (χ2n) is 3.64. The van der Waals surface area contributed by atoms with Crippen LogP contribution in [0.5, 0.6) is 0 Å². The molecule has 7 heteroatoms. The fourth-order valence-corrected chi connectivity index (χ4v) is 1.44. The molecule has 0 bridgehead atoms. The molecule has 1 aliphatic rings. The monoisotopic (exact) mass is 245 g/mol. The highest BCUT2D eigenvalue weighted by molar-refractivity contribution is 5.78. The fourth-order valence-electron chi connectivity index (χ4n) is 1.44. The number of aliphatic imine (C=N–C) groups is 1. The van der Waals surface area contributed by atoms with Crippen LogP contribution in [0.25, 0.3) is 0 Å². The number of hydrogen-bond acceptors (Lipinski definition) is 5. The van der Waals surface area contributed by atoms with E-state index in [1.807, 2.05) is 11.9 Å². The third-order valence-electron chi connectivity index (χ3n) is 2.33. The first-order valence-electron chi connectivity index (χ1n) is 6.05. The quantitative estimate of drug-likeness (QED) is 0.184. The summed E-state index contributed by atoms with van der Waals surface area (Å²) in [7, 11) is 0. The molecule has 0 aromatic rings.